The fourth-order valence-corrected chi connectivity index (χ4v) is 1.91. The number of carbonyl (C=O) groups is 1. The number of carbonyl (C=O) groups excluding carboxylic acids is 1. The molecule has 0 aliphatic heterocycles. The summed E-state index contributed by atoms with van der Waals surface area (Å²) in [6.45, 7) is 4.35. The van der Waals surface area contributed by atoms with Crippen LogP contribution in [0, 0.1) is 5.41 Å². The summed E-state index contributed by atoms with van der Waals surface area (Å²) in [5, 5.41) is 0. The van der Waals surface area contributed by atoms with Gasteiger partial charge in [0, 0.05) is 22.9 Å². The molecule has 0 aliphatic carbocycles. The first kappa shape index (κ1) is 13.4. The fourth-order valence-electron chi connectivity index (χ4n) is 1.48. The molecule has 2 N–H and O–H groups in total. The van der Waals surface area contributed by atoms with Crippen LogP contribution in [0.4, 0.5) is 0 Å². The minimum Gasteiger partial charge on any atom is -0.329 e. The zero-order valence-corrected chi connectivity index (χ0v) is 11.4. The van der Waals surface area contributed by atoms with Crippen molar-refractivity contribution in [3.8, 4) is 0 Å². The summed E-state index contributed by atoms with van der Waals surface area (Å²) in [7, 11) is 0. The van der Waals surface area contributed by atoms with Crippen LogP contribution < -0.4 is 5.73 Å². The third-order valence-electron chi connectivity index (χ3n) is 3.21. The van der Waals surface area contributed by atoms with Crippen LogP contribution in [0.25, 0.3) is 0 Å². The van der Waals surface area contributed by atoms with Gasteiger partial charge in [-0.2, -0.15) is 0 Å². The van der Waals surface area contributed by atoms with E-state index in [1.807, 2.05) is 38.1 Å². The second kappa shape index (κ2) is 5.60. The molecule has 2 nitrogen and oxygen atoms in total. The molecule has 1 rings (SSSR count). The molecule has 0 radical (unpaired) electrons. The molecule has 0 aliphatic rings. The van der Waals surface area contributed by atoms with Crippen LogP contribution in [0.2, 0.25) is 0 Å². The Labute approximate surface area is 105 Å². The third-order valence-corrected chi connectivity index (χ3v) is 3.99. The second-order valence-corrected chi connectivity index (χ2v) is 5.16. The van der Waals surface area contributed by atoms with E-state index in [9.17, 15) is 4.79 Å². The zero-order chi connectivity index (χ0) is 12.2. The minimum atomic E-state index is -0.394. The largest absolute Gasteiger partial charge is 0.329 e. The molecule has 0 bridgehead atoms. The number of nitrogens with two attached hydrogens (primary N) is 1. The van der Waals surface area contributed by atoms with Crippen LogP contribution in [-0.2, 0) is 11.2 Å². The Balaban J connectivity index is 2.83. The summed E-state index contributed by atoms with van der Waals surface area (Å²) < 4.78 is 0.985. The summed E-state index contributed by atoms with van der Waals surface area (Å²) in [4.78, 5) is 12.1. The van der Waals surface area contributed by atoms with Gasteiger partial charge in [-0.3, -0.25) is 4.79 Å². The van der Waals surface area contributed by atoms with Gasteiger partial charge in [0.25, 0.3) is 0 Å². The normalized spacial score (nSPS) is 14.5. The van der Waals surface area contributed by atoms with E-state index < -0.39 is 5.41 Å². The standard InChI is InChI=1S/C13H18BrNO/c1-3-13(2,9-15)12(16)8-10-6-4-5-7-11(10)14/h4-7H,3,8-9,15H2,1-2H3. The average molecular weight is 284 g/mol. The molecule has 0 aromatic heterocycles. The van der Waals surface area contributed by atoms with Gasteiger partial charge in [0.05, 0.1) is 0 Å². The Hall–Kier alpha value is -0.670. The highest BCUT2D eigenvalue weighted by atomic mass is 79.9. The predicted molar refractivity (Wildman–Crippen MR) is 70.3 cm³/mol. The first-order valence-corrected chi connectivity index (χ1v) is 6.29. The van der Waals surface area contributed by atoms with Crippen molar-refractivity contribution in [2.45, 2.75) is 26.7 Å². The van der Waals surface area contributed by atoms with Gasteiger partial charge in [0.2, 0.25) is 0 Å². The zero-order valence-electron chi connectivity index (χ0n) is 9.79. The SMILES string of the molecule is CCC(C)(CN)C(=O)Cc1ccccc1Br. The monoisotopic (exact) mass is 283 g/mol. The van der Waals surface area contributed by atoms with Crippen molar-refractivity contribution in [3.05, 3.63) is 34.3 Å². The van der Waals surface area contributed by atoms with E-state index >= 15 is 0 Å². The Morgan fingerprint density at radius 1 is 1.44 bits per heavy atom. The number of benzene rings is 1. The van der Waals surface area contributed by atoms with E-state index in [2.05, 4.69) is 15.9 Å². The molecule has 16 heavy (non-hydrogen) atoms. The molecular weight excluding hydrogens is 266 g/mol. The molecule has 0 heterocycles. The van der Waals surface area contributed by atoms with Crippen molar-refractivity contribution in [2.24, 2.45) is 11.1 Å². The quantitative estimate of drug-likeness (QED) is 0.903. The summed E-state index contributed by atoms with van der Waals surface area (Å²) in [5.74, 6) is 0.212. The number of hydrogen-bond acceptors (Lipinski definition) is 2. The van der Waals surface area contributed by atoms with Gasteiger partial charge >= 0.3 is 0 Å². The van der Waals surface area contributed by atoms with Crippen molar-refractivity contribution >= 4 is 21.7 Å². The van der Waals surface area contributed by atoms with Gasteiger partial charge in [-0.25, -0.2) is 0 Å². The lowest BCUT2D eigenvalue weighted by Crippen LogP contribution is -2.36. The van der Waals surface area contributed by atoms with Crippen LogP contribution in [0.5, 0.6) is 0 Å². The smallest absolute Gasteiger partial charge is 0.144 e. The molecular formula is C13H18BrNO. The Morgan fingerprint density at radius 3 is 2.56 bits per heavy atom. The van der Waals surface area contributed by atoms with Crippen molar-refractivity contribution in [1.82, 2.24) is 0 Å². The van der Waals surface area contributed by atoms with Crippen LogP contribution in [0.3, 0.4) is 0 Å². The lowest BCUT2D eigenvalue weighted by atomic mass is 9.80. The summed E-state index contributed by atoms with van der Waals surface area (Å²) >= 11 is 3.45. The van der Waals surface area contributed by atoms with E-state index in [0.717, 1.165) is 16.5 Å². The lowest BCUT2D eigenvalue weighted by Gasteiger charge is -2.24. The number of halogens is 1. The topological polar surface area (TPSA) is 43.1 Å². The van der Waals surface area contributed by atoms with E-state index in [-0.39, 0.29) is 5.78 Å². The Morgan fingerprint density at radius 2 is 2.06 bits per heavy atom. The maximum atomic E-state index is 12.1. The molecule has 3 heteroatoms. The average Bonchev–Trinajstić information content (AvgIpc) is 2.31. The molecule has 1 aromatic rings. The molecule has 0 amide bonds. The third kappa shape index (κ3) is 2.92. The highest BCUT2D eigenvalue weighted by Crippen LogP contribution is 2.25. The van der Waals surface area contributed by atoms with Gasteiger partial charge in [-0.15, -0.1) is 0 Å². The fraction of sp³-hybridized carbons (Fsp3) is 0.462. The van der Waals surface area contributed by atoms with Crippen LogP contribution in [-0.4, -0.2) is 12.3 Å². The lowest BCUT2D eigenvalue weighted by molar-refractivity contribution is -0.126. The van der Waals surface area contributed by atoms with Crippen molar-refractivity contribution < 1.29 is 4.79 Å². The number of ketones is 1. The highest BCUT2D eigenvalue weighted by molar-refractivity contribution is 9.10. The molecule has 0 spiro atoms. The number of hydrogen-bond donors (Lipinski definition) is 1. The van der Waals surface area contributed by atoms with E-state index in [1.165, 1.54) is 0 Å². The van der Waals surface area contributed by atoms with Crippen LogP contribution in [0.1, 0.15) is 25.8 Å². The van der Waals surface area contributed by atoms with E-state index in [1.54, 1.807) is 0 Å². The Bertz CT molecular complexity index is 372. The molecule has 88 valence electrons. The molecule has 0 saturated carbocycles. The highest BCUT2D eigenvalue weighted by Gasteiger charge is 2.29. The first-order chi connectivity index (χ1) is 7.53. The molecule has 0 saturated heterocycles. The molecule has 1 unspecified atom stereocenters. The summed E-state index contributed by atoms with van der Waals surface area (Å²) in [6.07, 6.45) is 1.23. The maximum absolute atomic E-state index is 12.1. The van der Waals surface area contributed by atoms with Gasteiger partial charge in [0.15, 0.2) is 0 Å². The first-order valence-electron chi connectivity index (χ1n) is 5.50. The van der Waals surface area contributed by atoms with Crippen molar-refractivity contribution in [2.75, 3.05) is 6.54 Å². The van der Waals surface area contributed by atoms with Crippen LogP contribution >= 0.6 is 15.9 Å². The maximum Gasteiger partial charge on any atom is 0.144 e. The van der Waals surface area contributed by atoms with Gasteiger partial charge < -0.3 is 5.73 Å². The molecule has 1 atom stereocenters. The van der Waals surface area contributed by atoms with Gasteiger partial charge in [-0.05, 0) is 18.1 Å². The predicted octanol–water partition coefficient (Wildman–Crippen LogP) is 2.94. The van der Waals surface area contributed by atoms with E-state index in [4.69, 9.17) is 5.73 Å². The van der Waals surface area contributed by atoms with Gasteiger partial charge in [-0.1, -0.05) is 48.0 Å². The number of Topliss-reactive ketones (excluding diaryl/α,β-unsaturated/α-hetero) is 1. The Kier molecular flexibility index (Phi) is 4.69. The van der Waals surface area contributed by atoms with Crippen LogP contribution in [0.15, 0.2) is 28.7 Å². The van der Waals surface area contributed by atoms with Crippen molar-refractivity contribution in [3.63, 3.8) is 0 Å². The van der Waals surface area contributed by atoms with Gasteiger partial charge in [0.1, 0.15) is 5.78 Å². The second-order valence-electron chi connectivity index (χ2n) is 4.31. The van der Waals surface area contributed by atoms with Crippen molar-refractivity contribution in [1.29, 1.82) is 0 Å². The molecule has 0 fully saturated rings. The minimum absolute atomic E-state index is 0.212. The number of rotatable bonds is 5. The van der Waals surface area contributed by atoms with E-state index in [0.29, 0.717) is 13.0 Å². The summed E-state index contributed by atoms with van der Waals surface area (Å²) in [5.41, 5.74) is 6.31. The summed E-state index contributed by atoms with van der Waals surface area (Å²) in [6, 6.07) is 7.81. The molecule has 1 aromatic carbocycles.